The molecule has 0 saturated heterocycles. The monoisotopic (exact) mass is 356 g/mol. The number of nitrogens with one attached hydrogen (secondary N) is 1. The predicted molar refractivity (Wildman–Crippen MR) is 86.7 cm³/mol. The summed E-state index contributed by atoms with van der Waals surface area (Å²) in [6.45, 7) is 3.22. The summed E-state index contributed by atoms with van der Waals surface area (Å²) in [5.74, 6) is -1.63. The van der Waals surface area contributed by atoms with Crippen LogP contribution in [0.2, 0.25) is 10.0 Å². The van der Waals surface area contributed by atoms with Crippen LogP contribution in [0, 0.1) is 10.1 Å². The number of esters is 1. The summed E-state index contributed by atoms with van der Waals surface area (Å²) in [7, 11) is 1.22. The van der Waals surface area contributed by atoms with Crippen molar-refractivity contribution < 1.29 is 14.5 Å². The molecule has 0 radical (unpaired) electrons. The molecular weight excluding hydrogens is 343 g/mol. The molecule has 1 aliphatic rings. The van der Waals surface area contributed by atoms with E-state index in [-0.39, 0.29) is 21.3 Å². The number of allylic oxidation sites excluding steroid dienone is 3. The standard InChI is InChI=1S/C15H14Cl2N2O4/c1-7-11(15(20)23-3)12(14(19(21)22)8(2)18-7)9-5-4-6-10(16)13(9)17/h4-6,12,18H,1-3H3. The largest absolute Gasteiger partial charge is 0.466 e. The number of carbonyl (C=O) groups excluding carboxylic acids is 1. The van der Waals surface area contributed by atoms with Crippen LogP contribution in [-0.4, -0.2) is 18.0 Å². The second-order valence-electron chi connectivity index (χ2n) is 5.00. The minimum atomic E-state index is -0.968. The summed E-state index contributed by atoms with van der Waals surface area (Å²) in [5, 5.41) is 14.8. The molecule has 1 aliphatic heterocycles. The summed E-state index contributed by atoms with van der Waals surface area (Å²) in [5.41, 5.74) is 1.16. The normalized spacial score (nSPS) is 17.9. The fourth-order valence-corrected chi connectivity index (χ4v) is 3.07. The maximum absolute atomic E-state index is 12.2. The van der Waals surface area contributed by atoms with Gasteiger partial charge in [0.25, 0.3) is 5.70 Å². The Kier molecular flexibility index (Phi) is 4.97. The van der Waals surface area contributed by atoms with Crippen molar-refractivity contribution in [2.75, 3.05) is 7.11 Å². The van der Waals surface area contributed by atoms with Gasteiger partial charge in [-0.15, -0.1) is 0 Å². The van der Waals surface area contributed by atoms with Gasteiger partial charge < -0.3 is 10.1 Å². The van der Waals surface area contributed by atoms with E-state index >= 15 is 0 Å². The van der Waals surface area contributed by atoms with E-state index in [4.69, 9.17) is 27.9 Å². The number of nitrogens with zero attached hydrogens (tertiary/aromatic N) is 1. The third-order valence-electron chi connectivity index (χ3n) is 3.62. The lowest BCUT2D eigenvalue weighted by molar-refractivity contribution is -0.431. The number of dihydropyridines is 1. The second kappa shape index (κ2) is 6.60. The van der Waals surface area contributed by atoms with Crippen molar-refractivity contribution in [1.82, 2.24) is 5.32 Å². The van der Waals surface area contributed by atoms with Crippen LogP contribution >= 0.6 is 23.2 Å². The Balaban J connectivity index is 2.77. The number of hydrogen-bond donors (Lipinski definition) is 1. The lowest BCUT2D eigenvalue weighted by atomic mass is 9.84. The molecule has 0 aromatic heterocycles. The lowest BCUT2D eigenvalue weighted by Gasteiger charge is -2.26. The fraction of sp³-hybridized carbons (Fsp3) is 0.267. The fourth-order valence-electron chi connectivity index (χ4n) is 2.65. The van der Waals surface area contributed by atoms with E-state index in [1.807, 2.05) is 0 Å². The number of ether oxygens (including phenoxy) is 1. The van der Waals surface area contributed by atoms with Gasteiger partial charge in [0.15, 0.2) is 0 Å². The highest BCUT2D eigenvalue weighted by Crippen LogP contribution is 2.43. The van der Waals surface area contributed by atoms with Gasteiger partial charge in [-0.1, -0.05) is 35.3 Å². The van der Waals surface area contributed by atoms with E-state index in [1.54, 1.807) is 32.0 Å². The van der Waals surface area contributed by atoms with Gasteiger partial charge in [0.1, 0.15) is 5.92 Å². The van der Waals surface area contributed by atoms with Crippen molar-refractivity contribution in [2.24, 2.45) is 0 Å². The van der Waals surface area contributed by atoms with Crippen LogP contribution in [0.5, 0.6) is 0 Å². The van der Waals surface area contributed by atoms with Gasteiger partial charge in [-0.05, 0) is 25.5 Å². The minimum absolute atomic E-state index is 0.133. The zero-order valence-corrected chi connectivity index (χ0v) is 14.2. The van der Waals surface area contributed by atoms with Gasteiger partial charge in [-0.25, -0.2) is 4.79 Å². The SMILES string of the molecule is COC(=O)C1=C(C)NC(C)=C([N+](=O)[O-])C1c1cccc(Cl)c1Cl. The van der Waals surface area contributed by atoms with Gasteiger partial charge >= 0.3 is 5.97 Å². The van der Waals surface area contributed by atoms with E-state index in [0.29, 0.717) is 17.0 Å². The smallest absolute Gasteiger partial charge is 0.336 e. The molecule has 2 rings (SSSR count). The summed E-state index contributed by atoms with van der Waals surface area (Å²) in [6, 6.07) is 4.81. The average Bonchev–Trinajstić information content (AvgIpc) is 2.48. The van der Waals surface area contributed by atoms with E-state index in [9.17, 15) is 14.9 Å². The molecule has 0 fully saturated rings. The van der Waals surface area contributed by atoms with Gasteiger partial charge in [-0.3, -0.25) is 10.1 Å². The molecule has 1 unspecified atom stereocenters. The van der Waals surface area contributed by atoms with Crippen molar-refractivity contribution >= 4 is 29.2 Å². The van der Waals surface area contributed by atoms with Gasteiger partial charge in [0.2, 0.25) is 0 Å². The maximum atomic E-state index is 12.2. The van der Waals surface area contributed by atoms with Crippen molar-refractivity contribution in [3.63, 3.8) is 0 Å². The first-order chi connectivity index (χ1) is 10.8. The topological polar surface area (TPSA) is 81.5 Å². The van der Waals surface area contributed by atoms with Crippen molar-refractivity contribution in [3.05, 3.63) is 66.6 Å². The van der Waals surface area contributed by atoms with Crippen LogP contribution in [0.4, 0.5) is 0 Å². The summed E-state index contributed by atoms with van der Waals surface area (Å²) in [4.78, 5) is 23.2. The van der Waals surface area contributed by atoms with E-state index in [2.05, 4.69) is 5.32 Å². The van der Waals surface area contributed by atoms with Crippen molar-refractivity contribution in [2.45, 2.75) is 19.8 Å². The number of rotatable bonds is 3. The maximum Gasteiger partial charge on any atom is 0.336 e. The molecule has 6 nitrogen and oxygen atoms in total. The molecule has 1 aromatic carbocycles. The number of methoxy groups -OCH3 is 1. The first kappa shape index (κ1) is 17.3. The van der Waals surface area contributed by atoms with E-state index in [0.717, 1.165) is 0 Å². The molecule has 0 amide bonds. The molecule has 0 spiro atoms. The molecule has 1 heterocycles. The van der Waals surface area contributed by atoms with Crippen LogP contribution in [0.15, 0.2) is 40.9 Å². The highest BCUT2D eigenvalue weighted by molar-refractivity contribution is 6.42. The highest BCUT2D eigenvalue weighted by atomic mass is 35.5. The number of halogens is 2. The number of hydrogen-bond acceptors (Lipinski definition) is 5. The molecule has 1 atom stereocenters. The third-order valence-corrected chi connectivity index (χ3v) is 4.45. The molecule has 122 valence electrons. The van der Waals surface area contributed by atoms with Crippen molar-refractivity contribution in [1.29, 1.82) is 0 Å². The van der Waals surface area contributed by atoms with Crippen molar-refractivity contribution in [3.8, 4) is 0 Å². The zero-order valence-electron chi connectivity index (χ0n) is 12.6. The van der Waals surface area contributed by atoms with Crippen LogP contribution < -0.4 is 5.32 Å². The lowest BCUT2D eigenvalue weighted by Crippen LogP contribution is -2.31. The molecule has 23 heavy (non-hydrogen) atoms. The van der Waals surface area contributed by atoms with Gasteiger partial charge in [0.05, 0.1) is 33.3 Å². The predicted octanol–water partition coefficient (Wildman–Crippen LogP) is 3.64. The molecule has 1 N–H and O–H groups in total. The second-order valence-corrected chi connectivity index (χ2v) is 5.78. The molecule has 1 aromatic rings. The number of nitro groups is 1. The first-order valence-corrected chi connectivity index (χ1v) is 7.40. The Morgan fingerprint density at radius 1 is 1.30 bits per heavy atom. The third kappa shape index (κ3) is 3.04. The Morgan fingerprint density at radius 2 is 1.96 bits per heavy atom. The van der Waals surface area contributed by atoms with Gasteiger partial charge in [-0.2, -0.15) is 0 Å². The van der Waals surface area contributed by atoms with E-state index < -0.39 is 16.8 Å². The summed E-state index contributed by atoms with van der Waals surface area (Å²) < 4.78 is 4.79. The van der Waals surface area contributed by atoms with Crippen LogP contribution in [-0.2, 0) is 9.53 Å². The first-order valence-electron chi connectivity index (χ1n) is 6.64. The van der Waals surface area contributed by atoms with Crippen LogP contribution in [0.1, 0.15) is 25.3 Å². The van der Waals surface area contributed by atoms with E-state index in [1.165, 1.54) is 7.11 Å². The Hall–Kier alpha value is -2.05. The van der Waals surface area contributed by atoms with Gasteiger partial charge in [0, 0.05) is 5.70 Å². The minimum Gasteiger partial charge on any atom is -0.466 e. The average molecular weight is 357 g/mol. The molecule has 0 bridgehead atoms. The highest BCUT2D eigenvalue weighted by Gasteiger charge is 2.41. The summed E-state index contributed by atoms with van der Waals surface area (Å²) >= 11 is 12.3. The molecule has 8 heteroatoms. The van der Waals surface area contributed by atoms with Crippen LogP contribution in [0.25, 0.3) is 0 Å². The zero-order chi connectivity index (χ0) is 17.3. The molecule has 0 saturated carbocycles. The Morgan fingerprint density at radius 3 is 2.52 bits per heavy atom. The number of benzene rings is 1. The molecular formula is C15H14Cl2N2O4. The summed E-state index contributed by atoms with van der Waals surface area (Å²) in [6.07, 6.45) is 0. The van der Waals surface area contributed by atoms with Crippen LogP contribution in [0.3, 0.4) is 0 Å². The Bertz CT molecular complexity index is 756. The number of carbonyl (C=O) groups is 1. The quantitative estimate of drug-likeness (QED) is 0.507. The molecule has 0 aliphatic carbocycles. The Labute approximate surface area is 142 Å².